The summed E-state index contributed by atoms with van der Waals surface area (Å²) in [7, 11) is 0. The Bertz CT molecular complexity index is 3290. The second kappa shape index (κ2) is 14.0. The van der Waals surface area contributed by atoms with E-state index in [1.54, 1.807) is 0 Å². The molecule has 2 nitrogen and oxygen atoms in total. The van der Waals surface area contributed by atoms with Crippen molar-refractivity contribution in [2.24, 2.45) is 0 Å². The lowest BCUT2D eigenvalue weighted by Crippen LogP contribution is -2.41. The third-order valence-electron chi connectivity index (χ3n) is 14.5. The summed E-state index contributed by atoms with van der Waals surface area (Å²) in [6, 6.07) is 81.1. The Morgan fingerprint density at radius 3 is 1.62 bits per heavy atom. The Kier molecular flexibility index (Phi) is 8.05. The fourth-order valence-corrected chi connectivity index (χ4v) is 11.8. The number of fused-ring (bicyclic) bond motifs is 13. The standard InChI is InChI=1S/C62H44N2/c1-61-40-16-15-24-54(61)53-23-9-14-29-60(53)64(61)46-36-32-43(33-37-46)42-30-34-45(35-31-42)63(59-28-13-8-19-48(59)44-17-3-2-4-18-44)47-38-39-52-51-22-7-12-27-57(51)62(58(52)41-47)55-25-10-5-20-49(55)50-21-6-11-26-56(50)62/h2-41,54H,1H3. The first-order valence-corrected chi connectivity index (χ1v) is 22.5. The molecule has 0 bridgehead atoms. The van der Waals surface area contributed by atoms with Gasteiger partial charge in [0.2, 0.25) is 0 Å². The molecule has 1 aliphatic heterocycles. The topological polar surface area (TPSA) is 6.48 Å². The van der Waals surface area contributed by atoms with E-state index >= 15 is 0 Å². The van der Waals surface area contributed by atoms with Crippen molar-refractivity contribution in [3.05, 3.63) is 271 Å². The second-order valence-corrected chi connectivity index (χ2v) is 17.8. The average molecular weight is 817 g/mol. The molecule has 302 valence electrons. The number of hydrogen-bond acceptors (Lipinski definition) is 2. The first-order chi connectivity index (χ1) is 31.6. The highest BCUT2D eigenvalue weighted by atomic mass is 15.2. The van der Waals surface area contributed by atoms with Crippen molar-refractivity contribution in [2.45, 2.75) is 23.8 Å². The van der Waals surface area contributed by atoms with Crippen LogP contribution in [0.25, 0.3) is 44.5 Å². The van der Waals surface area contributed by atoms with Crippen molar-refractivity contribution < 1.29 is 0 Å². The monoisotopic (exact) mass is 816 g/mol. The van der Waals surface area contributed by atoms with E-state index in [1.165, 1.54) is 83.7 Å². The second-order valence-electron chi connectivity index (χ2n) is 17.8. The van der Waals surface area contributed by atoms with Crippen LogP contribution in [0.1, 0.15) is 40.7 Å². The van der Waals surface area contributed by atoms with Gasteiger partial charge in [-0.15, -0.1) is 0 Å². The van der Waals surface area contributed by atoms with Crippen molar-refractivity contribution in [2.75, 3.05) is 9.80 Å². The average Bonchev–Trinajstić information content (AvgIpc) is 3.93. The molecule has 0 amide bonds. The molecule has 1 spiro atoms. The van der Waals surface area contributed by atoms with Crippen molar-refractivity contribution in [3.8, 4) is 44.5 Å². The van der Waals surface area contributed by atoms with Gasteiger partial charge in [0.05, 0.1) is 16.6 Å². The molecule has 0 saturated carbocycles. The maximum atomic E-state index is 2.52. The summed E-state index contributed by atoms with van der Waals surface area (Å²) in [4.78, 5) is 4.98. The third kappa shape index (κ3) is 5.14. The van der Waals surface area contributed by atoms with E-state index < -0.39 is 5.41 Å². The maximum absolute atomic E-state index is 2.52. The van der Waals surface area contributed by atoms with E-state index in [0.29, 0.717) is 5.92 Å². The highest BCUT2D eigenvalue weighted by Gasteiger charge is 2.52. The zero-order chi connectivity index (χ0) is 42.4. The Morgan fingerprint density at radius 1 is 0.422 bits per heavy atom. The lowest BCUT2D eigenvalue weighted by Gasteiger charge is -2.39. The molecule has 13 rings (SSSR count). The quantitative estimate of drug-likeness (QED) is 0.165. The van der Waals surface area contributed by atoms with E-state index in [4.69, 9.17) is 0 Å². The minimum atomic E-state index is -0.435. The molecule has 0 N–H and O–H groups in total. The van der Waals surface area contributed by atoms with Gasteiger partial charge in [-0.3, -0.25) is 0 Å². The van der Waals surface area contributed by atoms with Gasteiger partial charge in [-0.05, 0) is 122 Å². The van der Waals surface area contributed by atoms with Crippen LogP contribution in [0.4, 0.5) is 28.4 Å². The molecular formula is C62H44N2. The smallest absolute Gasteiger partial charge is 0.0726 e. The van der Waals surface area contributed by atoms with E-state index in [-0.39, 0.29) is 5.54 Å². The van der Waals surface area contributed by atoms with Crippen LogP contribution in [0.2, 0.25) is 0 Å². The summed E-state index contributed by atoms with van der Waals surface area (Å²) < 4.78 is 0. The van der Waals surface area contributed by atoms with Gasteiger partial charge in [0.1, 0.15) is 0 Å². The van der Waals surface area contributed by atoms with Crippen LogP contribution in [0.5, 0.6) is 0 Å². The Balaban J connectivity index is 0.944. The van der Waals surface area contributed by atoms with Crippen molar-refractivity contribution in [1.82, 2.24) is 0 Å². The van der Waals surface area contributed by atoms with Gasteiger partial charge < -0.3 is 9.80 Å². The summed E-state index contributed by atoms with van der Waals surface area (Å²) in [6.07, 6.45) is 9.09. The van der Waals surface area contributed by atoms with E-state index in [9.17, 15) is 0 Å². The normalized spacial score (nSPS) is 17.6. The Morgan fingerprint density at radius 2 is 0.953 bits per heavy atom. The molecule has 0 radical (unpaired) electrons. The molecule has 0 aromatic heterocycles. The van der Waals surface area contributed by atoms with E-state index in [0.717, 1.165) is 17.1 Å². The summed E-state index contributed by atoms with van der Waals surface area (Å²) in [6.45, 7) is 2.36. The molecule has 2 unspecified atom stereocenters. The first-order valence-electron chi connectivity index (χ1n) is 22.5. The number of nitrogens with zero attached hydrogens (tertiary/aromatic N) is 2. The lowest BCUT2D eigenvalue weighted by atomic mass is 9.70. The van der Waals surface area contributed by atoms with Crippen LogP contribution in [0.3, 0.4) is 0 Å². The zero-order valence-corrected chi connectivity index (χ0v) is 35.6. The van der Waals surface area contributed by atoms with Crippen LogP contribution in [0, 0.1) is 0 Å². The number of anilines is 5. The van der Waals surface area contributed by atoms with Gasteiger partial charge in [-0.1, -0.05) is 194 Å². The van der Waals surface area contributed by atoms with Crippen LogP contribution < -0.4 is 9.80 Å². The summed E-state index contributed by atoms with van der Waals surface area (Å²) in [5, 5.41) is 0. The first kappa shape index (κ1) is 36.7. The summed E-state index contributed by atoms with van der Waals surface area (Å²) in [5.41, 5.74) is 21.9. The van der Waals surface area contributed by atoms with Crippen LogP contribution in [-0.2, 0) is 5.41 Å². The lowest BCUT2D eigenvalue weighted by molar-refractivity contribution is 0.542. The molecule has 2 heteroatoms. The highest BCUT2D eigenvalue weighted by Crippen LogP contribution is 2.63. The van der Waals surface area contributed by atoms with Crippen molar-refractivity contribution >= 4 is 28.4 Å². The summed E-state index contributed by atoms with van der Waals surface area (Å²) in [5.74, 6) is 0.312. The van der Waals surface area contributed by atoms with Gasteiger partial charge in [-0.25, -0.2) is 0 Å². The number of hydrogen-bond donors (Lipinski definition) is 0. The minimum absolute atomic E-state index is 0.161. The zero-order valence-electron chi connectivity index (χ0n) is 35.6. The van der Waals surface area contributed by atoms with Crippen LogP contribution in [-0.4, -0.2) is 5.54 Å². The highest BCUT2D eigenvalue weighted by molar-refractivity contribution is 5.97. The SMILES string of the molecule is CC12C=CC=CC1c1ccccc1N2c1ccc(-c2ccc(N(c3ccc4c(c3)C3(c5ccccc5-c5ccccc53)c3ccccc3-4)c3ccccc3-c3ccccc3)cc2)cc1. The number of allylic oxidation sites excluding steroid dienone is 2. The molecule has 2 atom stereocenters. The molecule has 0 fully saturated rings. The number of rotatable bonds is 6. The fourth-order valence-electron chi connectivity index (χ4n) is 11.8. The Labute approximate surface area is 375 Å². The molecule has 9 aromatic carbocycles. The largest absolute Gasteiger partial charge is 0.331 e. The molecule has 9 aromatic rings. The van der Waals surface area contributed by atoms with Gasteiger partial charge >= 0.3 is 0 Å². The predicted molar refractivity (Wildman–Crippen MR) is 266 cm³/mol. The maximum Gasteiger partial charge on any atom is 0.0726 e. The van der Waals surface area contributed by atoms with Gasteiger partial charge in [0.25, 0.3) is 0 Å². The summed E-state index contributed by atoms with van der Waals surface area (Å²) >= 11 is 0. The van der Waals surface area contributed by atoms with Crippen molar-refractivity contribution in [3.63, 3.8) is 0 Å². The van der Waals surface area contributed by atoms with Crippen LogP contribution >= 0.6 is 0 Å². The molecule has 1 heterocycles. The van der Waals surface area contributed by atoms with Gasteiger partial charge in [-0.2, -0.15) is 0 Å². The fraction of sp³-hybridized carbons (Fsp3) is 0.0645. The number of benzene rings is 9. The minimum Gasteiger partial charge on any atom is -0.331 e. The molecule has 64 heavy (non-hydrogen) atoms. The molecular weight excluding hydrogens is 773 g/mol. The van der Waals surface area contributed by atoms with Gasteiger partial charge in [0, 0.05) is 34.2 Å². The molecule has 3 aliphatic carbocycles. The van der Waals surface area contributed by atoms with E-state index in [2.05, 4.69) is 259 Å². The predicted octanol–water partition coefficient (Wildman–Crippen LogP) is 16.0. The van der Waals surface area contributed by atoms with E-state index in [1.807, 2.05) is 0 Å². The van der Waals surface area contributed by atoms with Crippen molar-refractivity contribution in [1.29, 1.82) is 0 Å². The molecule has 4 aliphatic rings. The van der Waals surface area contributed by atoms with Gasteiger partial charge in [0.15, 0.2) is 0 Å². The molecule has 0 saturated heterocycles. The van der Waals surface area contributed by atoms with Crippen LogP contribution in [0.15, 0.2) is 243 Å². The number of para-hydroxylation sites is 2. The third-order valence-corrected chi connectivity index (χ3v) is 14.5. The Hall–Kier alpha value is -7.94.